The average Bonchev–Trinajstić information content (AvgIpc) is 2.41. The zero-order valence-corrected chi connectivity index (χ0v) is 11.9. The van der Waals surface area contributed by atoms with E-state index in [0.717, 1.165) is 24.3 Å². The van der Waals surface area contributed by atoms with E-state index < -0.39 is 21.7 Å². The van der Waals surface area contributed by atoms with Crippen LogP contribution in [0.15, 0.2) is 47.4 Å². The summed E-state index contributed by atoms with van der Waals surface area (Å²) in [6.07, 6.45) is 0. The Balaban J connectivity index is 2.46. The van der Waals surface area contributed by atoms with Crippen LogP contribution in [0.4, 0.5) is 10.1 Å². The molecule has 0 saturated carbocycles. The van der Waals surface area contributed by atoms with Gasteiger partial charge in [-0.3, -0.25) is 9.52 Å². The maximum Gasteiger partial charge on any atom is 0.261 e. The topological polar surface area (TPSA) is 89.3 Å². The molecule has 0 bridgehead atoms. The van der Waals surface area contributed by atoms with Crippen LogP contribution in [0.2, 0.25) is 0 Å². The molecule has 0 aromatic heterocycles. The van der Waals surface area contributed by atoms with Crippen LogP contribution in [-0.2, 0) is 10.0 Å². The third kappa shape index (κ3) is 3.19. The molecule has 2 aromatic rings. The number of primary amides is 1. The molecule has 0 saturated heterocycles. The highest BCUT2D eigenvalue weighted by Crippen LogP contribution is 2.24. The molecule has 0 aliphatic rings. The monoisotopic (exact) mass is 308 g/mol. The summed E-state index contributed by atoms with van der Waals surface area (Å²) in [5.74, 6) is -1.28. The number of nitrogens with one attached hydrogen (secondary N) is 1. The first-order chi connectivity index (χ1) is 9.81. The van der Waals surface area contributed by atoms with Crippen LogP contribution in [0.25, 0.3) is 0 Å². The molecule has 21 heavy (non-hydrogen) atoms. The van der Waals surface area contributed by atoms with Gasteiger partial charge in [-0.05, 0) is 42.8 Å². The Labute approximate surface area is 121 Å². The van der Waals surface area contributed by atoms with E-state index in [4.69, 9.17) is 5.73 Å². The molecule has 0 atom stereocenters. The molecule has 2 rings (SSSR count). The van der Waals surface area contributed by atoms with E-state index in [1.165, 1.54) is 6.07 Å². The first kappa shape index (κ1) is 15.0. The van der Waals surface area contributed by atoms with Crippen molar-refractivity contribution in [1.82, 2.24) is 0 Å². The number of hydrogen-bond acceptors (Lipinski definition) is 3. The molecular formula is C14H13FN2O3S. The number of carbonyl (C=O) groups excluding carboxylic acids is 1. The Morgan fingerprint density at radius 2 is 1.76 bits per heavy atom. The minimum Gasteiger partial charge on any atom is -0.366 e. The molecule has 0 radical (unpaired) electrons. The summed E-state index contributed by atoms with van der Waals surface area (Å²) < 4.78 is 39.7. The third-order valence-corrected chi connectivity index (χ3v) is 4.26. The largest absolute Gasteiger partial charge is 0.366 e. The van der Waals surface area contributed by atoms with E-state index in [-0.39, 0.29) is 16.1 Å². The van der Waals surface area contributed by atoms with Crippen LogP contribution in [0.5, 0.6) is 0 Å². The fourth-order valence-electron chi connectivity index (χ4n) is 1.82. The lowest BCUT2D eigenvalue weighted by Crippen LogP contribution is -2.19. The van der Waals surface area contributed by atoms with Crippen molar-refractivity contribution in [2.75, 3.05) is 4.72 Å². The Bertz CT molecular complexity index is 786. The number of hydrogen-bond donors (Lipinski definition) is 2. The minimum atomic E-state index is -3.93. The zero-order chi connectivity index (χ0) is 15.6. The Morgan fingerprint density at radius 3 is 2.33 bits per heavy atom. The number of sulfonamides is 1. The van der Waals surface area contributed by atoms with Gasteiger partial charge in [0.05, 0.1) is 16.1 Å². The van der Waals surface area contributed by atoms with Crippen molar-refractivity contribution in [3.05, 3.63) is 59.4 Å². The number of benzene rings is 2. The second-order valence-corrected chi connectivity index (χ2v) is 6.10. The summed E-state index contributed by atoms with van der Waals surface area (Å²) in [5, 5.41) is 0. The summed E-state index contributed by atoms with van der Waals surface area (Å²) in [7, 11) is -3.93. The van der Waals surface area contributed by atoms with Gasteiger partial charge >= 0.3 is 0 Å². The number of anilines is 1. The maximum absolute atomic E-state index is 12.9. The van der Waals surface area contributed by atoms with Gasteiger partial charge in [0.15, 0.2) is 0 Å². The normalized spacial score (nSPS) is 11.1. The lowest BCUT2D eigenvalue weighted by atomic mass is 10.1. The highest BCUT2D eigenvalue weighted by Gasteiger charge is 2.19. The Hall–Kier alpha value is -2.41. The van der Waals surface area contributed by atoms with Gasteiger partial charge in [0, 0.05) is 0 Å². The smallest absolute Gasteiger partial charge is 0.261 e. The van der Waals surface area contributed by atoms with Crippen LogP contribution in [0.3, 0.4) is 0 Å². The van der Waals surface area contributed by atoms with Gasteiger partial charge in [-0.25, -0.2) is 12.8 Å². The fourth-order valence-corrected chi connectivity index (χ4v) is 2.97. The van der Waals surface area contributed by atoms with Crippen molar-refractivity contribution >= 4 is 21.6 Å². The molecule has 0 unspecified atom stereocenters. The van der Waals surface area contributed by atoms with E-state index in [0.29, 0.717) is 5.56 Å². The molecule has 110 valence electrons. The summed E-state index contributed by atoms with van der Waals surface area (Å²) >= 11 is 0. The number of carbonyl (C=O) groups is 1. The molecule has 7 heteroatoms. The van der Waals surface area contributed by atoms with Crippen LogP contribution in [-0.4, -0.2) is 14.3 Å². The van der Waals surface area contributed by atoms with E-state index in [1.807, 2.05) is 0 Å². The van der Waals surface area contributed by atoms with Gasteiger partial charge in [0.1, 0.15) is 5.82 Å². The number of nitrogens with two attached hydrogens (primary N) is 1. The van der Waals surface area contributed by atoms with Gasteiger partial charge in [-0.15, -0.1) is 0 Å². The molecule has 2 aromatic carbocycles. The second kappa shape index (κ2) is 5.53. The SMILES string of the molecule is Cc1cccc(C(N)=O)c1NS(=O)(=O)c1ccc(F)cc1. The molecule has 0 spiro atoms. The fraction of sp³-hybridized carbons (Fsp3) is 0.0714. The number of rotatable bonds is 4. The van der Waals surface area contributed by atoms with Crippen molar-refractivity contribution in [3.8, 4) is 0 Å². The van der Waals surface area contributed by atoms with E-state index in [9.17, 15) is 17.6 Å². The summed E-state index contributed by atoms with van der Waals surface area (Å²) in [6.45, 7) is 1.65. The van der Waals surface area contributed by atoms with Crippen molar-refractivity contribution < 1.29 is 17.6 Å². The second-order valence-electron chi connectivity index (χ2n) is 4.42. The average molecular weight is 308 g/mol. The lowest BCUT2D eigenvalue weighted by Gasteiger charge is -2.13. The highest BCUT2D eigenvalue weighted by atomic mass is 32.2. The first-order valence-corrected chi connectivity index (χ1v) is 7.47. The van der Waals surface area contributed by atoms with Gasteiger partial charge in [-0.1, -0.05) is 12.1 Å². The third-order valence-electron chi connectivity index (χ3n) is 2.90. The zero-order valence-electron chi connectivity index (χ0n) is 11.1. The molecule has 0 aliphatic heterocycles. The summed E-state index contributed by atoms with van der Waals surface area (Å²) in [4.78, 5) is 11.3. The molecule has 0 aliphatic carbocycles. The number of halogens is 1. The summed E-state index contributed by atoms with van der Waals surface area (Å²) in [5.41, 5.74) is 5.98. The van der Waals surface area contributed by atoms with Gasteiger partial charge in [0.25, 0.3) is 15.9 Å². The van der Waals surface area contributed by atoms with Crippen LogP contribution >= 0.6 is 0 Å². The van der Waals surface area contributed by atoms with Crippen LogP contribution < -0.4 is 10.5 Å². The van der Waals surface area contributed by atoms with Gasteiger partial charge in [-0.2, -0.15) is 0 Å². The minimum absolute atomic E-state index is 0.0701. The number of amides is 1. The predicted molar refractivity (Wildman–Crippen MR) is 76.9 cm³/mol. The Morgan fingerprint density at radius 1 is 1.14 bits per heavy atom. The first-order valence-electron chi connectivity index (χ1n) is 5.99. The van der Waals surface area contributed by atoms with E-state index >= 15 is 0 Å². The Kier molecular flexibility index (Phi) is 3.95. The number of aryl methyl sites for hydroxylation is 1. The molecular weight excluding hydrogens is 295 g/mol. The van der Waals surface area contributed by atoms with E-state index in [2.05, 4.69) is 4.72 Å². The van der Waals surface area contributed by atoms with E-state index in [1.54, 1.807) is 19.1 Å². The molecule has 0 fully saturated rings. The standard InChI is InChI=1S/C14H13FN2O3S/c1-9-3-2-4-12(14(16)18)13(9)17-21(19,20)11-7-5-10(15)6-8-11/h2-8,17H,1H3,(H2,16,18). The van der Waals surface area contributed by atoms with Crippen molar-refractivity contribution in [2.24, 2.45) is 5.73 Å². The van der Waals surface area contributed by atoms with Crippen molar-refractivity contribution in [1.29, 1.82) is 0 Å². The lowest BCUT2D eigenvalue weighted by molar-refractivity contribution is 0.100. The maximum atomic E-state index is 12.9. The predicted octanol–water partition coefficient (Wildman–Crippen LogP) is 2.03. The van der Waals surface area contributed by atoms with Gasteiger partial charge < -0.3 is 5.73 Å². The molecule has 1 amide bonds. The van der Waals surface area contributed by atoms with Crippen molar-refractivity contribution in [3.63, 3.8) is 0 Å². The van der Waals surface area contributed by atoms with Crippen molar-refractivity contribution in [2.45, 2.75) is 11.8 Å². The molecule has 3 N–H and O–H groups in total. The summed E-state index contributed by atoms with van der Waals surface area (Å²) in [6, 6.07) is 9.04. The molecule has 5 nitrogen and oxygen atoms in total. The van der Waals surface area contributed by atoms with Crippen LogP contribution in [0, 0.1) is 12.7 Å². The molecule has 0 heterocycles. The number of para-hydroxylation sites is 1. The quantitative estimate of drug-likeness (QED) is 0.905. The van der Waals surface area contributed by atoms with Crippen LogP contribution in [0.1, 0.15) is 15.9 Å². The highest BCUT2D eigenvalue weighted by molar-refractivity contribution is 7.92. The van der Waals surface area contributed by atoms with Gasteiger partial charge in [0.2, 0.25) is 0 Å².